The van der Waals surface area contributed by atoms with Crippen LogP contribution in [0, 0.1) is 15.9 Å². The zero-order valence-corrected chi connectivity index (χ0v) is 14.1. The molecule has 3 rings (SSSR count). The van der Waals surface area contributed by atoms with Crippen LogP contribution in [0.3, 0.4) is 0 Å². The second-order valence-corrected chi connectivity index (χ2v) is 5.54. The van der Waals surface area contributed by atoms with Gasteiger partial charge in [-0.1, -0.05) is 12.1 Å². The van der Waals surface area contributed by atoms with Gasteiger partial charge in [-0.25, -0.2) is 14.4 Å². The summed E-state index contributed by atoms with van der Waals surface area (Å²) < 4.78 is 13.8. The van der Waals surface area contributed by atoms with Crippen LogP contribution in [0.5, 0.6) is 0 Å². The number of Topliss-reactive ketones (excluding diaryl/α,β-unsaturated/α-hetero) is 1. The minimum atomic E-state index is -0.657. The Morgan fingerprint density at radius 2 is 1.67 bits per heavy atom. The lowest BCUT2D eigenvalue weighted by molar-refractivity contribution is -0.383. The van der Waals surface area contributed by atoms with Crippen LogP contribution in [0.25, 0.3) is 0 Å². The third kappa shape index (κ3) is 4.03. The Morgan fingerprint density at radius 1 is 1.04 bits per heavy atom. The highest BCUT2D eigenvalue weighted by Crippen LogP contribution is 2.33. The zero-order chi connectivity index (χ0) is 19.4. The fourth-order valence-electron chi connectivity index (χ4n) is 2.35. The Morgan fingerprint density at radius 3 is 2.26 bits per heavy atom. The van der Waals surface area contributed by atoms with E-state index in [4.69, 9.17) is 0 Å². The molecule has 0 bridgehead atoms. The van der Waals surface area contributed by atoms with Crippen LogP contribution in [0.15, 0.2) is 54.9 Å². The largest absolute Gasteiger partial charge is 0.353 e. The number of rotatable bonds is 6. The predicted octanol–water partition coefficient (Wildman–Crippen LogP) is 4.21. The van der Waals surface area contributed by atoms with E-state index in [0.717, 1.165) is 6.33 Å². The fraction of sp³-hybridized carbons (Fsp3) is 0.0556. The number of aromatic nitrogens is 2. The molecule has 0 radical (unpaired) electrons. The minimum Gasteiger partial charge on any atom is -0.334 e. The molecule has 2 N–H and O–H groups in total. The van der Waals surface area contributed by atoms with Crippen LogP contribution in [-0.2, 0) is 0 Å². The number of hydrogen-bond acceptors (Lipinski definition) is 7. The molecule has 0 aliphatic carbocycles. The lowest BCUT2D eigenvalue weighted by Gasteiger charge is -2.10. The van der Waals surface area contributed by atoms with Gasteiger partial charge in [0, 0.05) is 11.3 Å². The van der Waals surface area contributed by atoms with Crippen LogP contribution in [-0.4, -0.2) is 20.7 Å². The number of nitrogens with one attached hydrogen (secondary N) is 2. The molecule has 0 saturated carbocycles. The van der Waals surface area contributed by atoms with E-state index in [-0.39, 0.29) is 23.1 Å². The van der Waals surface area contributed by atoms with Gasteiger partial charge in [-0.05, 0) is 43.3 Å². The lowest BCUT2D eigenvalue weighted by atomic mass is 10.1. The van der Waals surface area contributed by atoms with Crippen LogP contribution >= 0.6 is 0 Å². The Labute approximate surface area is 153 Å². The summed E-state index contributed by atoms with van der Waals surface area (Å²) >= 11 is 0. The number of para-hydroxylation sites is 1. The van der Waals surface area contributed by atoms with Gasteiger partial charge in [-0.3, -0.25) is 14.9 Å². The number of anilines is 4. The molecule has 0 spiro atoms. The van der Waals surface area contributed by atoms with Crippen molar-refractivity contribution < 1.29 is 14.1 Å². The van der Waals surface area contributed by atoms with E-state index in [1.807, 2.05) is 0 Å². The molecule has 0 fully saturated rings. The first-order chi connectivity index (χ1) is 13.0. The molecule has 2 aromatic carbocycles. The minimum absolute atomic E-state index is 0.0519. The van der Waals surface area contributed by atoms with Gasteiger partial charge in [0.2, 0.25) is 11.6 Å². The SMILES string of the molecule is CC(=O)c1ccc(Nc2ncnc(Nc3ccccc3F)c2[N+](=O)[O-])cc1. The number of nitro groups is 1. The van der Waals surface area contributed by atoms with Crippen molar-refractivity contribution in [3.05, 3.63) is 76.4 Å². The van der Waals surface area contributed by atoms with Crippen molar-refractivity contribution in [1.29, 1.82) is 0 Å². The monoisotopic (exact) mass is 367 g/mol. The second-order valence-electron chi connectivity index (χ2n) is 5.54. The van der Waals surface area contributed by atoms with E-state index in [9.17, 15) is 19.3 Å². The molecule has 0 atom stereocenters. The molecule has 3 aromatic rings. The molecule has 8 nitrogen and oxygen atoms in total. The third-order valence-corrected chi connectivity index (χ3v) is 3.69. The molecule has 1 aromatic heterocycles. The topological polar surface area (TPSA) is 110 Å². The average Bonchev–Trinajstić information content (AvgIpc) is 2.64. The molecule has 0 saturated heterocycles. The van der Waals surface area contributed by atoms with Crippen molar-refractivity contribution in [3.63, 3.8) is 0 Å². The number of halogens is 1. The third-order valence-electron chi connectivity index (χ3n) is 3.69. The van der Waals surface area contributed by atoms with Gasteiger partial charge < -0.3 is 10.6 Å². The zero-order valence-electron chi connectivity index (χ0n) is 14.1. The first-order valence-corrected chi connectivity index (χ1v) is 7.84. The van der Waals surface area contributed by atoms with E-state index in [2.05, 4.69) is 20.6 Å². The van der Waals surface area contributed by atoms with Crippen molar-refractivity contribution >= 4 is 34.5 Å². The van der Waals surface area contributed by atoms with E-state index >= 15 is 0 Å². The molecular weight excluding hydrogens is 353 g/mol. The van der Waals surface area contributed by atoms with E-state index in [0.29, 0.717) is 11.3 Å². The fourth-order valence-corrected chi connectivity index (χ4v) is 2.35. The van der Waals surface area contributed by atoms with Crippen molar-refractivity contribution in [2.75, 3.05) is 10.6 Å². The van der Waals surface area contributed by atoms with Gasteiger partial charge in [0.05, 0.1) is 10.6 Å². The number of carbonyl (C=O) groups is 1. The Balaban J connectivity index is 1.95. The summed E-state index contributed by atoms with van der Waals surface area (Å²) in [6.45, 7) is 1.44. The maximum atomic E-state index is 13.8. The van der Waals surface area contributed by atoms with E-state index in [1.54, 1.807) is 30.3 Å². The summed E-state index contributed by atoms with van der Waals surface area (Å²) in [5.41, 5.74) is 0.630. The predicted molar refractivity (Wildman–Crippen MR) is 98.1 cm³/mol. The molecule has 1 heterocycles. The molecule has 0 aliphatic heterocycles. The molecule has 0 amide bonds. The lowest BCUT2D eigenvalue weighted by Crippen LogP contribution is -2.06. The van der Waals surface area contributed by atoms with Gasteiger partial charge in [0.25, 0.3) is 0 Å². The highest BCUT2D eigenvalue weighted by atomic mass is 19.1. The highest BCUT2D eigenvalue weighted by molar-refractivity contribution is 5.94. The highest BCUT2D eigenvalue weighted by Gasteiger charge is 2.24. The van der Waals surface area contributed by atoms with Gasteiger partial charge >= 0.3 is 5.69 Å². The van der Waals surface area contributed by atoms with E-state index < -0.39 is 16.4 Å². The molecule has 136 valence electrons. The second kappa shape index (κ2) is 7.56. The summed E-state index contributed by atoms with van der Waals surface area (Å²) in [5.74, 6) is -0.877. The van der Waals surface area contributed by atoms with Crippen LogP contribution in [0.1, 0.15) is 17.3 Å². The van der Waals surface area contributed by atoms with Crippen LogP contribution in [0.4, 0.5) is 33.1 Å². The molecule has 9 heteroatoms. The summed E-state index contributed by atoms with van der Waals surface area (Å²) in [6.07, 6.45) is 1.13. The Kier molecular flexibility index (Phi) is 5.02. The number of nitrogens with zero attached hydrogens (tertiary/aromatic N) is 3. The van der Waals surface area contributed by atoms with Crippen molar-refractivity contribution in [3.8, 4) is 0 Å². The van der Waals surface area contributed by atoms with Gasteiger partial charge in [-0.2, -0.15) is 0 Å². The average molecular weight is 367 g/mol. The van der Waals surface area contributed by atoms with Crippen LogP contribution < -0.4 is 10.6 Å². The van der Waals surface area contributed by atoms with Gasteiger partial charge in [-0.15, -0.1) is 0 Å². The Bertz CT molecular complexity index is 1010. The number of hydrogen-bond donors (Lipinski definition) is 2. The smallest absolute Gasteiger partial charge is 0.334 e. The molecular formula is C18H14FN5O3. The molecule has 0 aliphatic rings. The van der Waals surface area contributed by atoms with Crippen molar-refractivity contribution in [2.45, 2.75) is 6.92 Å². The molecule has 0 unspecified atom stereocenters. The normalized spacial score (nSPS) is 10.3. The van der Waals surface area contributed by atoms with Gasteiger partial charge in [0.15, 0.2) is 5.78 Å². The van der Waals surface area contributed by atoms with Crippen molar-refractivity contribution in [2.24, 2.45) is 0 Å². The summed E-state index contributed by atoms with van der Waals surface area (Å²) in [7, 11) is 0. The van der Waals surface area contributed by atoms with E-state index in [1.165, 1.54) is 25.1 Å². The first kappa shape index (κ1) is 17.9. The summed E-state index contributed by atoms with van der Waals surface area (Å²) in [6, 6.07) is 12.2. The number of ketones is 1. The summed E-state index contributed by atoms with van der Waals surface area (Å²) in [4.78, 5) is 30.0. The first-order valence-electron chi connectivity index (χ1n) is 7.84. The maximum Gasteiger partial charge on any atom is 0.353 e. The number of benzene rings is 2. The van der Waals surface area contributed by atoms with Crippen molar-refractivity contribution in [1.82, 2.24) is 9.97 Å². The van der Waals surface area contributed by atoms with Gasteiger partial charge in [0.1, 0.15) is 12.1 Å². The van der Waals surface area contributed by atoms with Crippen LogP contribution in [0.2, 0.25) is 0 Å². The number of carbonyl (C=O) groups excluding carboxylic acids is 1. The summed E-state index contributed by atoms with van der Waals surface area (Å²) in [5, 5.41) is 17.0. The quantitative estimate of drug-likeness (QED) is 0.381. The molecule has 27 heavy (non-hydrogen) atoms. The maximum absolute atomic E-state index is 13.8. The Hall–Kier alpha value is -3.88. The standard InChI is InChI=1S/C18H14FN5O3/c1-11(25)12-6-8-13(9-7-12)22-17-16(24(26)27)18(21-10-20-17)23-15-5-3-2-4-14(15)19/h2-10H,1H3,(H2,20,21,22,23).